The molecule has 0 spiro atoms. The van der Waals surface area contributed by atoms with Crippen LogP contribution in [0.5, 0.6) is 0 Å². The summed E-state index contributed by atoms with van der Waals surface area (Å²) in [6.07, 6.45) is 1.52. The Morgan fingerprint density at radius 2 is 2.05 bits per heavy atom. The fourth-order valence-electron chi connectivity index (χ4n) is 2.48. The molecule has 0 radical (unpaired) electrons. The van der Waals surface area contributed by atoms with E-state index in [4.69, 9.17) is 9.47 Å². The Kier molecular flexibility index (Phi) is 5.34. The Morgan fingerprint density at radius 3 is 2.68 bits per heavy atom. The second kappa shape index (κ2) is 7.05. The molecule has 1 saturated heterocycles. The number of carbonyl (C=O) groups is 1. The number of methoxy groups -OCH3 is 1. The lowest BCUT2D eigenvalue weighted by Crippen LogP contribution is -2.31. The zero-order valence-electron chi connectivity index (χ0n) is 13.1. The van der Waals surface area contributed by atoms with Crippen molar-refractivity contribution >= 4 is 5.97 Å². The lowest BCUT2D eigenvalue weighted by Gasteiger charge is -2.21. The van der Waals surface area contributed by atoms with Crippen LogP contribution >= 0.6 is 0 Å². The van der Waals surface area contributed by atoms with E-state index < -0.39 is 24.0 Å². The number of benzene rings is 1. The molecule has 1 aromatic rings. The van der Waals surface area contributed by atoms with Crippen LogP contribution in [0.4, 0.5) is 0 Å². The second-order valence-electron chi connectivity index (χ2n) is 5.66. The summed E-state index contributed by atoms with van der Waals surface area (Å²) in [6, 6.07) is 9.66. The summed E-state index contributed by atoms with van der Waals surface area (Å²) in [5.41, 5.74) is 0.953. The Morgan fingerprint density at radius 1 is 1.36 bits per heavy atom. The summed E-state index contributed by atoms with van der Waals surface area (Å²) in [5.74, 6) is -1.21. The highest BCUT2D eigenvalue weighted by Gasteiger charge is 2.45. The Bertz CT molecular complexity index is 523. The Hall–Kier alpha value is -1.69. The molecule has 1 aliphatic rings. The van der Waals surface area contributed by atoms with E-state index in [-0.39, 0.29) is 12.5 Å². The van der Waals surface area contributed by atoms with Gasteiger partial charge in [-0.1, -0.05) is 36.4 Å². The normalized spacial score (nSPS) is 25.3. The van der Waals surface area contributed by atoms with Crippen molar-refractivity contribution in [3.05, 3.63) is 48.0 Å². The number of aliphatic hydroxyl groups is 1. The number of esters is 1. The van der Waals surface area contributed by atoms with E-state index >= 15 is 0 Å². The van der Waals surface area contributed by atoms with Crippen molar-refractivity contribution in [3.8, 4) is 0 Å². The summed E-state index contributed by atoms with van der Waals surface area (Å²) in [5, 5.41) is 10.4. The monoisotopic (exact) mass is 306 g/mol. The molecular formula is C17H22O5. The first-order valence-corrected chi connectivity index (χ1v) is 7.26. The van der Waals surface area contributed by atoms with Crippen molar-refractivity contribution in [2.45, 2.75) is 44.4 Å². The van der Waals surface area contributed by atoms with Crippen LogP contribution in [-0.4, -0.2) is 36.2 Å². The molecule has 120 valence electrons. The largest absolute Gasteiger partial charge is 0.466 e. The Balaban J connectivity index is 2.09. The van der Waals surface area contributed by atoms with E-state index in [0.717, 1.165) is 5.56 Å². The number of hydrogen-bond donors (Lipinski definition) is 1. The third kappa shape index (κ3) is 4.16. The quantitative estimate of drug-likeness (QED) is 0.668. The van der Waals surface area contributed by atoms with Gasteiger partial charge in [0.25, 0.3) is 0 Å². The molecule has 1 fully saturated rings. The van der Waals surface area contributed by atoms with Crippen LogP contribution in [0.1, 0.15) is 31.9 Å². The number of rotatable bonds is 5. The van der Waals surface area contributed by atoms with Gasteiger partial charge in [-0.25, -0.2) is 4.79 Å². The van der Waals surface area contributed by atoms with Gasteiger partial charge in [-0.3, -0.25) is 0 Å². The lowest BCUT2D eigenvalue weighted by atomic mass is 9.99. The second-order valence-corrected chi connectivity index (χ2v) is 5.66. The van der Waals surface area contributed by atoms with E-state index in [1.54, 1.807) is 6.08 Å². The average Bonchev–Trinajstić information content (AvgIpc) is 2.84. The van der Waals surface area contributed by atoms with E-state index in [1.165, 1.54) is 13.2 Å². The highest BCUT2D eigenvalue weighted by Crippen LogP contribution is 2.40. The van der Waals surface area contributed by atoms with Crippen LogP contribution in [0, 0.1) is 0 Å². The van der Waals surface area contributed by atoms with Gasteiger partial charge in [0.2, 0.25) is 0 Å². The molecule has 0 bridgehead atoms. The van der Waals surface area contributed by atoms with Gasteiger partial charge in [0.15, 0.2) is 5.79 Å². The molecule has 1 heterocycles. The van der Waals surface area contributed by atoms with Gasteiger partial charge < -0.3 is 19.3 Å². The molecule has 0 amide bonds. The minimum absolute atomic E-state index is 0.280. The molecule has 5 nitrogen and oxygen atoms in total. The van der Waals surface area contributed by atoms with Crippen molar-refractivity contribution in [2.75, 3.05) is 7.11 Å². The molecule has 22 heavy (non-hydrogen) atoms. The standard InChI is InChI=1S/C17H22O5/c1-17(2)21-15(12-8-5-4-6-9-12)16(22-17)13(18)10-7-11-14(19)20-3/h4-9,11,13,15-16,18H,10H2,1-3H3/b11-7-/t13-,15-,16-/m1/s1. The number of hydrogen-bond acceptors (Lipinski definition) is 5. The van der Waals surface area contributed by atoms with Crippen LogP contribution in [0.2, 0.25) is 0 Å². The number of carbonyl (C=O) groups excluding carboxylic acids is 1. The van der Waals surface area contributed by atoms with Crippen LogP contribution in [0.15, 0.2) is 42.5 Å². The lowest BCUT2D eigenvalue weighted by molar-refractivity contribution is -0.155. The fraction of sp³-hybridized carbons (Fsp3) is 0.471. The molecule has 0 aliphatic carbocycles. The highest BCUT2D eigenvalue weighted by atomic mass is 16.8. The van der Waals surface area contributed by atoms with Gasteiger partial charge in [-0.2, -0.15) is 0 Å². The van der Waals surface area contributed by atoms with Crippen LogP contribution in [0.25, 0.3) is 0 Å². The molecule has 2 rings (SSSR count). The summed E-state index contributed by atoms with van der Waals surface area (Å²) in [7, 11) is 1.31. The summed E-state index contributed by atoms with van der Waals surface area (Å²) in [6.45, 7) is 3.64. The maximum Gasteiger partial charge on any atom is 0.330 e. The van der Waals surface area contributed by atoms with Crippen molar-refractivity contribution < 1.29 is 24.1 Å². The molecule has 3 atom stereocenters. The molecule has 1 aromatic carbocycles. The zero-order chi connectivity index (χ0) is 16.2. The van der Waals surface area contributed by atoms with Gasteiger partial charge in [0.05, 0.1) is 13.2 Å². The van der Waals surface area contributed by atoms with E-state index in [2.05, 4.69) is 4.74 Å². The zero-order valence-corrected chi connectivity index (χ0v) is 13.1. The topological polar surface area (TPSA) is 65.0 Å². The summed E-state index contributed by atoms with van der Waals surface area (Å²) < 4.78 is 16.3. The van der Waals surface area contributed by atoms with Gasteiger partial charge in [0.1, 0.15) is 12.2 Å². The molecule has 1 N–H and O–H groups in total. The first kappa shape index (κ1) is 16.7. The van der Waals surface area contributed by atoms with Gasteiger partial charge in [-0.15, -0.1) is 0 Å². The minimum atomic E-state index is -0.784. The first-order chi connectivity index (χ1) is 10.4. The highest BCUT2D eigenvalue weighted by molar-refractivity contribution is 5.81. The molecule has 0 unspecified atom stereocenters. The third-order valence-electron chi connectivity index (χ3n) is 3.47. The van der Waals surface area contributed by atoms with Crippen molar-refractivity contribution in [1.82, 2.24) is 0 Å². The third-order valence-corrected chi connectivity index (χ3v) is 3.47. The van der Waals surface area contributed by atoms with E-state index in [1.807, 2.05) is 44.2 Å². The molecule has 0 aromatic heterocycles. The minimum Gasteiger partial charge on any atom is -0.466 e. The molecular weight excluding hydrogens is 284 g/mol. The molecule has 0 saturated carbocycles. The fourth-order valence-corrected chi connectivity index (χ4v) is 2.48. The summed E-state index contributed by atoms with van der Waals surface area (Å²) >= 11 is 0. The SMILES string of the molecule is COC(=O)/C=C\C[C@@H](O)[C@H]1OC(C)(C)O[C@@H]1c1ccccc1. The van der Waals surface area contributed by atoms with Gasteiger partial charge in [0, 0.05) is 6.08 Å². The van der Waals surface area contributed by atoms with Crippen molar-refractivity contribution in [1.29, 1.82) is 0 Å². The maximum atomic E-state index is 11.1. The average molecular weight is 306 g/mol. The van der Waals surface area contributed by atoms with Crippen LogP contribution in [-0.2, 0) is 19.0 Å². The predicted octanol–water partition coefficient (Wildman–Crippen LogP) is 2.36. The summed E-state index contributed by atoms with van der Waals surface area (Å²) in [4.78, 5) is 11.1. The number of aliphatic hydroxyl groups excluding tert-OH is 1. The first-order valence-electron chi connectivity index (χ1n) is 7.26. The molecule has 1 aliphatic heterocycles. The van der Waals surface area contributed by atoms with Gasteiger partial charge in [-0.05, 0) is 25.8 Å². The number of ether oxygens (including phenoxy) is 3. The van der Waals surface area contributed by atoms with E-state index in [0.29, 0.717) is 0 Å². The smallest absolute Gasteiger partial charge is 0.330 e. The van der Waals surface area contributed by atoms with Crippen molar-refractivity contribution in [2.24, 2.45) is 0 Å². The van der Waals surface area contributed by atoms with Crippen LogP contribution < -0.4 is 0 Å². The van der Waals surface area contributed by atoms with Crippen LogP contribution in [0.3, 0.4) is 0 Å². The Labute approximate surface area is 130 Å². The van der Waals surface area contributed by atoms with Gasteiger partial charge >= 0.3 is 5.97 Å². The van der Waals surface area contributed by atoms with Crippen molar-refractivity contribution in [3.63, 3.8) is 0 Å². The maximum absolute atomic E-state index is 11.1. The predicted molar refractivity (Wildman–Crippen MR) is 81.0 cm³/mol. The van der Waals surface area contributed by atoms with E-state index in [9.17, 15) is 9.90 Å². The molecule has 5 heteroatoms.